The molecule has 32 heavy (non-hydrogen) atoms. The van der Waals surface area contributed by atoms with Gasteiger partial charge in [0, 0.05) is 37.7 Å². The van der Waals surface area contributed by atoms with Gasteiger partial charge in [0.05, 0.1) is 17.6 Å². The molecule has 1 N–H and O–H groups in total. The molecule has 1 aromatic carbocycles. The third kappa shape index (κ3) is 3.68. The molecule has 11 heteroatoms. The van der Waals surface area contributed by atoms with Crippen molar-refractivity contribution in [3.05, 3.63) is 67.7 Å². The first-order chi connectivity index (χ1) is 15.4. The summed E-state index contributed by atoms with van der Waals surface area (Å²) in [7, 11) is 0. The van der Waals surface area contributed by atoms with Gasteiger partial charge in [0.2, 0.25) is 11.0 Å². The highest BCUT2D eigenvalue weighted by Gasteiger charge is 2.53. The van der Waals surface area contributed by atoms with Crippen LogP contribution in [0.2, 0.25) is 0 Å². The summed E-state index contributed by atoms with van der Waals surface area (Å²) < 4.78 is 0.808. The van der Waals surface area contributed by atoms with Crippen molar-refractivity contribution in [2.24, 2.45) is 0 Å². The molecule has 1 fully saturated rings. The zero-order chi connectivity index (χ0) is 22.4. The Morgan fingerprint density at radius 2 is 2.06 bits per heavy atom. The monoisotopic (exact) mass is 501 g/mol. The molecule has 5 rings (SSSR count). The van der Waals surface area contributed by atoms with Gasteiger partial charge < -0.3 is 5.32 Å². The number of rotatable bonds is 5. The van der Waals surface area contributed by atoms with Gasteiger partial charge in [-0.25, -0.2) is 4.98 Å². The van der Waals surface area contributed by atoms with E-state index in [1.165, 1.54) is 45.4 Å². The highest BCUT2D eigenvalue weighted by molar-refractivity contribution is 8.00. The van der Waals surface area contributed by atoms with E-state index < -0.39 is 16.5 Å². The Balaban J connectivity index is 1.44. The molecule has 2 atom stereocenters. The van der Waals surface area contributed by atoms with Crippen LogP contribution < -0.4 is 10.7 Å². The molecule has 7 nitrogen and oxygen atoms in total. The van der Waals surface area contributed by atoms with Crippen molar-refractivity contribution in [3.63, 3.8) is 0 Å². The maximum Gasteiger partial charge on any atom is 0.253 e. The summed E-state index contributed by atoms with van der Waals surface area (Å²) in [6, 6.07) is 8.07. The Kier molecular flexibility index (Phi) is 5.66. The van der Waals surface area contributed by atoms with E-state index in [0.717, 1.165) is 4.70 Å². The van der Waals surface area contributed by atoms with Gasteiger partial charge in [0.15, 0.2) is 5.43 Å². The topological polar surface area (TPSA) is 96.4 Å². The summed E-state index contributed by atoms with van der Waals surface area (Å²) in [4.78, 5) is 56.4. The van der Waals surface area contributed by atoms with E-state index in [0.29, 0.717) is 27.3 Å². The number of aromatic nitrogens is 1. The molecule has 0 spiro atoms. The normalized spacial score (nSPS) is 20.2. The Morgan fingerprint density at radius 3 is 2.81 bits per heavy atom. The van der Waals surface area contributed by atoms with Gasteiger partial charge in [0.1, 0.15) is 17.1 Å². The van der Waals surface area contributed by atoms with Gasteiger partial charge >= 0.3 is 0 Å². The van der Waals surface area contributed by atoms with E-state index in [1.807, 2.05) is 12.1 Å². The number of β-lactam (4-membered cyclic amide) rings is 1. The SMILES string of the molecule is O=C(Cc1cscn1)NC1C(=O)N2C(C(=O)S)=C(c3cc(=O)c4ccccc4s3)CS[C@H]12. The lowest BCUT2D eigenvalue weighted by molar-refractivity contribution is -0.146. The number of hydrogen-bond acceptors (Lipinski definition) is 8. The number of amides is 2. The Hall–Kier alpha value is -2.47. The number of benzene rings is 1. The van der Waals surface area contributed by atoms with Crippen LogP contribution in [0.1, 0.15) is 10.6 Å². The molecule has 0 aliphatic carbocycles. The molecule has 162 valence electrons. The molecule has 3 aromatic rings. The summed E-state index contributed by atoms with van der Waals surface area (Å²) in [5.74, 6) is -0.240. The molecule has 1 unspecified atom stereocenters. The molecular formula is C21H15N3O4S4. The number of thioether (sulfide) groups is 1. The van der Waals surface area contributed by atoms with Crippen molar-refractivity contribution in [2.45, 2.75) is 17.8 Å². The van der Waals surface area contributed by atoms with Crippen molar-refractivity contribution in [2.75, 3.05) is 5.75 Å². The Morgan fingerprint density at radius 1 is 1.25 bits per heavy atom. The fourth-order valence-corrected chi connectivity index (χ4v) is 7.15. The second-order valence-electron chi connectivity index (χ2n) is 7.21. The predicted octanol–water partition coefficient (Wildman–Crippen LogP) is 2.53. The van der Waals surface area contributed by atoms with Crippen LogP contribution in [0.25, 0.3) is 15.7 Å². The van der Waals surface area contributed by atoms with Gasteiger partial charge in [0.25, 0.3) is 5.91 Å². The molecule has 0 bridgehead atoms. The highest BCUT2D eigenvalue weighted by atomic mass is 32.2. The summed E-state index contributed by atoms with van der Waals surface area (Å²) >= 11 is 8.26. The average Bonchev–Trinajstić information content (AvgIpc) is 3.29. The highest BCUT2D eigenvalue weighted by Crippen LogP contribution is 2.44. The molecular weight excluding hydrogens is 487 g/mol. The maximum absolute atomic E-state index is 12.9. The third-order valence-electron chi connectivity index (χ3n) is 5.24. The minimum atomic E-state index is -0.717. The fourth-order valence-electron chi connectivity index (χ4n) is 3.77. The summed E-state index contributed by atoms with van der Waals surface area (Å²) in [6.07, 6.45) is 0.0924. The van der Waals surface area contributed by atoms with E-state index in [-0.39, 0.29) is 29.4 Å². The maximum atomic E-state index is 12.9. The number of thiazole rings is 1. The van der Waals surface area contributed by atoms with Crippen LogP contribution in [-0.4, -0.2) is 44.0 Å². The van der Waals surface area contributed by atoms with Crippen LogP contribution in [0.5, 0.6) is 0 Å². The van der Waals surface area contributed by atoms with E-state index in [4.69, 9.17) is 0 Å². The van der Waals surface area contributed by atoms with E-state index in [9.17, 15) is 19.2 Å². The second-order valence-corrected chi connectivity index (χ2v) is 10.5. The number of hydrogen-bond donors (Lipinski definition) is 2. The molecule has 0 radical (unpaired) electrons. The van der Waals surface area contributed by atoms with Crippen molar-refractivity contribution in [1.29, 1.82) is 0 Å². The predicted molar refractivity (Wildman–Crippen MR) is 130 cm³/mol. The fraction of sp³-hybridized carbons (Fsp3) is 0.190. The first-order valence-electron chi connectivity index (χ1n) is 9.55. The van der Waals surface area contributed by atoms with Crippen LogP contribution in [0.15, 0.2) is 51.7 Å². The molecule has 0 saturated carbocycles. The molecule has 2 aliphatic heterocycles. The minimum absolute atomic E-state index is 0.0924. The third-order valence-corrected chi connectivity index (χ3v) is 8.53. The smallest absolute Gasteiger partial charge is 0.253 e. The van der Waals surface area contributed by atoms with Crippen molar-refractivity contribution < 1.29 is 14.4 Å². The van der Waals surface area contributed by atoms with Crippen molar-refractivity contribution >= 4 is 79.7 Å². The first-order valence-corrected chi connectivity index (χ1v) is 12.8. The number of nitrogens with zero attached hydrogens (tertiary/aromatic N) is 2. The Labute approximate surface area is 199 Å². The number of thiol groups is 1. The number of nitrogens with one attached hydrogen (secondary N) is 1. The number of fused-ring (bicyclic) bond motifs is 2. The average molecular weight is 502 g/mol. The van der Waals surface area contributed by atoms with Crippen LogP contribution in [0, 0.1) is 0 Å². The quantitative estimate of drug-likeness (QED) is 0.412. The minimum Gasteiger partial charge on any atom is -0.341 e. The van der Waals surface area contributed by atoms with Gasteiger partial charge in [-0.15, -0.1) is 34.4 Å². The zero-order valence-corrected chi connectivity index (χ0v) is 19.7. The molecule has 2 aromatic heterocycles. The first kappa shape index (κ1) is 21.4. The zero-order valence-electron chi connectivity index (χ0n) is 16.3. The lowest BCUT2D eigenvalue weighted by Gasteiger charge is -2.49. The largest absolute Gasteiger partial charge is 0.341 e. The van der Waals surface area contributed by atoms with Gasteiger partial charge in [-0.2, -0.15) is 0 Å². The van der Waals surface area contributed by atoms with Crippen LogP contribution in [0.4, 0.5) is 0 Å². The number of carbonyl (C=O) groups is 3. The van der Waals surface area contributed by atoms with Gasteiger partial charge in [-0.05, 0) is 12.1 Å². The van der Waals surface area contributed by atoms with Crippen LogP contribution in [-0.2, 0) is 20.8 Å². The summed E-state index contributed by atoms with van der Waals surface area (Å²) in [6.45, 7) is 0. The standard InChI is InChI=1S/C21H15N3O4S4/c25-13-6-15(32-14-4-2-1-3-11(13)14)12-8-31-20-17(19(27)24(20)18(12)21(28)29)23-16(26)5-10-7-30-9-22-10/h1-4,6-7,9,17,20H,5,8H2,(H,23,26)(H,28,29)/t17?,20-/m1/s1. The van der Waals surface area contributed by atoms with E-state index >= 15 is 0 Å². The molecule has 2 amide bonds. The van der Waals surface area contributed by atoms with Gasteiger partial charge in [-0.1, -0.05) is 24.8 Å². The van der Waals surface area contributed by atoms with Crippen LogP contribution in [0.3, 0.4) is 0 Å². The van der Waals surface area contributed by atoms with Crippen molar-refractivity contribution in [3.8, 4) is 0 Å². The second kappa shape index (κ2) is 8.47. The lowest BCUT2D eigenvalue weighted by Crippen LogP contribution is -2.70. The van der Waals surface area contributed by atoms with E-state index in [2.05, 4.69) is 22.9 Å². The van der Waals surface area contributed by atoms with E-state index in [1.54, 1.807) is 23.0 Å². The molecule has 2 aliphatic rings. The van der Waals surface area contributed by atoms with Crippen LogP contribution >= 0.6 is 47.1 Å². The Bertz CT molecular complexity index is 1350. The molecule has 1 saturated heterocycles. The summed E-state index contributed by atoms with van der Waals surface area (Å²) in [5.41, 5.74) is 2.94. The van der Waals surface area contributed by atoms with Crippen molar-refractivity contribution in [1.82, 2.24) is 15.2 Å². The summed E-state index contributed by atoms with van der Waals surface area (Å²) in [5, 5.41) is 4.22. The van der Waals surface area contributed by atoms with Gasteiger partial charge in [-0.3, -0.25) is 24.1 Å². The number of carbonyl (C=O) groups excluding carboxylic acids is 3. The lowest BCUT2D eigenvalue weighted by atomic mass is 10.0. The molecule has 4 heterocycles.